The second kappa shape index (κ2) is 10.5. The van der Waals surface area contributed by atoms with Gasteiger partial charge in [0.25, 0.3) is 5.91 Å². The van der Waals surface area contributed by atoms with E-state index in [0.717, 1.165) is 17.3 Å². The molecule has 1 saturated heterocycles. The number of hydrogen-bond acceptors (Lipinski definition) is 6. The SMILES string of the molecule is COCCN1C[C@H](NC(=O)c2cnc3[nH]nc(-c4ccnc(C)c4)c3c2)[C@H](c2ccccc2C(F)(F)F)C1. The molecular formula is C27H27F3N6O2. The van der Waals surface area contributed by atoms with Gasteiger partial charge in [-0.25, -0.2) is 4.98 Å². The van der Waals surface area contributed by atoms with Gasteiger partial charge in [-0.15, -0.1) is 0 Å². The van der Waals surface area contributed by atoms with E-state index in [4.69, 9.17) is 4.74 Å². The number of hydrogen-bond donors (Lipinski definition) is 2. The van der Waals surface area contributed by atoms with Crippen molar-refractivity contribution in [1.82, 2.24) is 30.4 Å². The van der Waals surface area contributed by atoms with E-state index < -0.39 is 29.6 Å². The van der Waals surface area contributed by atoms with Gasteiger partial charge in [-0.3, -0.25) is 19.8 Å². The molecule has 4 aromatic rings. The van der Waals surface area contributed by atoms with E-state index in [-0.39, 0.29) is 5.56 Å². The first-order chi connectivity index (χ1) is 18.2. The second-order valence-electron chi connectivity index (χ2n) is 9.40. The zero-order valence-corrected chi connectivity index (χ0v) is 20.9. The van der Waals surface area contributed by atoms with Crippen LogP contribution in [0.2, 0.25) is 0 Å². The number of ether oxygens (including phenoxy) is 1. The third-order valence-corrected chi connectivity index (χ3v) is 6.84. The maximum absolute atomic E-state index is 13.8. The normalized spacial score (nSPS) is 18.2. The van der Waals surface area contributed by atoms with Crippen LogP contribution in [0.3, 0.4) is 0 Å². The molecular weight excluding hydrogens is 497 g/mol. The van der Waals surface area contributed by atoms with Gasteiger partial charge in [0.15, 0.2) is 5.65 Å². The Hall–Kier alpha value is -3.83. The van der Waals surface area contributed by atoms with Gasteiger partial charge in [0, 0.05) is 67.7 Å². The summed E-state index contributed by atoms with van der Waals surface area (Å²) >= 11 is 0. The molecule has 1 aliphatic heterocycles. The number of benzene rings is 1. The van der Waals surface area contributed by atoms with Gasteiger partial charge in [-0.2, -0.15) is 18.3 Å². The van der Waals surface area contributed by atoms with Crippen molar-refractivity contribution in [1.29, 1.82) is 0 Å². The lowest BCUT2D eigenvalue weighted by Gasteiger charge is -2.23. The summed E-state index contributed by atoms with van der Waals surface area (Å²) in [7, 11) is 1.58. The number of H-pyrrole nitrogens is 1. The molecule has 8 nitrogen and oxygen atoms in total. The van der Waals surface area contributed by atoms with Crippen molar-refractivity contribution in [2.45, 2.75) is 25.1 Å². The summed E-state index contributed by atoms with van der Waals surface area (Å²) in [5, 5.41) is 10.9. The summed E-state index contributed by atoms with van der Waals surface area (Å²) in [5.74, 6) is -0.958. The highest BCUT2D eigenvalue weighted by Crippen LogP contribution is 2.38. The number of aromatic amines is 1. The molecule has 38 heavy (non-hydrogen) atoms. The average Bonchev–Trinajstić information content (AvgIpc) is 3.50. The van der Waals surface area contributed by atoms with Crippen LogP contribution in [0, 0.1) is 6.92 Å². The van der Waals surface area contributed by atoms with Crippen LogP contribution in [0.15, 0.2) is 54.9 Å². The summed E-state index contributed by atoms with van der Waals surface area (Å²) in [4.78, 5) is 24.0. The van der Waals surface area contributed by atoms with Crippen LogP contribution >= 0.6 is 0 Å². The van der Waals surface area contributed by atoms with E-state index in [9.17, 15) is 18.0 Å². The molecule has 0 unspecified atom stereocenters. The molecule has 0 aliphatic carbocycles. The van der Waals surface area contributed by atoms with Crippen molar-refractivity contribution >= 4 is 16.9 Å². The number of fused-ring (bicyclic) bond motifs is 1. The predicted molar refractivity (Wildman–Crippen MR) is 136 cm³/mol. The molecule has 0 radical (unpaired) electrons. The molecule has 1 aromatic carbocycles. The quantitative estimate of drug-likeness (QED) is 0.377. The predicted octanol–water partition coefficient (Wildman–Crippen LogP) is 4.19. The van der Waals surface area contributed by atoms with E-state index in [0.29, 0.717) is 48.5 Å². The Bertz CT molecular complexity index is 1450. The third kappa shape index (κ3) is 5.25. The molecule has 2 N–H and O–H groups in total. The molecule has 2 atom stereocenters. The van der Waals surface area contributed by atoms with Crippen LogP contribution in [-0.4, -0.2) is 70.4 Å². The van der Waals surface area contributed by atoms with E-state index in [1.165, 1.54) is 18.3 Å². The van der Waals surface area contributed by atoms with Crippen LogP contribution in [0.5, 0.6) is 0 Å². The number of aromatic nitrogens is 4. The van der Waals surface area contributed by atoms with Crippen molar-refractivity contribution in [2.75, 3.05) is 33.4 Å². The number of rotatable bonds is 7. The molecule has 11 heteroatoms. The van der Waals surface area contributed by atoms with Crippen molar-refractivity contribution in [3.63, 3.8) is 0 Å². The minimum Gasteiger partial charge on any atom is -0.383 e. The first kappa shape index (κ1) is 25.8. The van der Waals surface area contributed by atoms with Gasteiger partial charge in [0.1, 0.15) is 5.69 Å². The summed E-state index contributed by atoms with van der Waals surface area (Å²) in [6.07, 6.45) is -1.37. The van der Waals surface area contributed by atoms with Crippen molar-refractivity contribution in [3.8, 4) is 11.3 Å². The lowest BCUT2D eigenvalue weighted by atomic mass is 9.90. The van der Waals surface area contributed by atoms with E-state index in [1.807, 2.05) is 24.0 Å². The smallest absolute Gasteiger partial charge is 0.383 e. The standard InChI is InChI=1S/C27H27F3N6O2/c1-16-11-17(7-8-31-16)24-20-12-18(13-32-25(20)35-34-24)26(37)33-23-15-36(9-10-38-2)14-21(23)19-5-3-4-6-22(19)27(28,29)30/h3-8,11-13,21,23H,9-10,14-15H2,1-2H3,(H,33,37)(H,32,34,35)/t21-,23-/m0/s1. The third-order valence-electron chi connectivity index (χ3n) is 6.84. The Labute approximate surface area is 217 Å². The molecule has 1 fully saturated rings. The molecule has 198 valence electrons. The molecule has 0 spiro atoms. The van der Waals surface area contributed by atoms with Crippen molar-refractivity contribution in [3.05, 3.63) is 77.2 Å². The number of halogens is 3. The van der Waals surface area contributed by atoms with Gasteiger partial charge >= 0.3 is 6.18 Å². The molecule has 5 rings (SSSR count). The fraction of sp³-hybridized carbons (Fsp3) is 0.333. The van der Waals surface area contributed by atoms with Gasteiger partial charge < -0.3 is 10.1 Å². The molecule has 4 heterocycles. The van der Waals surface area contributed by atoms with Gasteiger partial charge in [-0.1, -0.05) is 18.2 Å². The van der Waals surface area contributed by atoms with Crippen LogP contribution in [0.1, 0.15) is 33.1 Å². The lowest BCUT2D eigenvalue weighted by Crippen LogP contribution is -2.40. The van der Waals surface area contributed by atoms with E-state index in [1.54, 1.807) is 25.4 Å². The summed E-state index contributed by atoms with van der Waals surface area (Å²) in [6, 6.07) is 10.4. The number of aryl methyl sites for hydroxylation is 1. The first-order valence-corrected chi connectivity index (χ1v) is 12.2. The molecule has 1 amide bonds. The zero-order chi connectivity index (χ0) is 26.9. The maximum Gasteiger partial charge on any atom is 0.416 e. The fourth-order valence-corrected chi connectivity index (χ4v) is 5.02. The van der Waals surface area contributed by atoms with E-state index >= 15 is 0 Å². The highest BCUT2D eigenvalue weighted by atomic mass is 19.4. The highest BCUT2D eigenvalue weighted by Gasteiger charge is 2.41. The van der Waals surface area contributed by atoms with Gasteiger partial charge in [0.2, 0.25) is 0 Å². The lowest BCUT2D eigenvalue weighted by molar-refractivity contribution is -0.138. The van der Waals surface area contributed by atoms with Gasteiger partial charge in [0.05, 0.1) is 17.7 Å². The Balaban J connectivity index is 1.44. The fourth-order valence-electron chi connectivity index (χ4n) is 5.02. The van der Waals surface area contributed by atoms with Crippen LogP contribution in [-0.2, 0) is 10.9 Å². The number of nitrogens with zero attached hydrogens (tertiary/aromatic N) is 4. The topological polar surface area (TPSA) is 96.0 Å². The summed E-state index contributed by atoms with van der Waals surface area (Å²) in [6.45, 7) is 3.62. The molecule has 0 bridgehead atoms. The molecule has 1 aliphatic rings. The maximum atomic E-state index is 13.8. The van der Waals surface area contributed by atoms with E-state index in [2.05, 4.69) is 25.5 Å². The molecule has 3 aromatic heterocycles. The van der Waals surface area contributed by atoms with Crippen LogP contribution in [0.25, 0.3) is 22.3 Å². The Morgan fingerprint density at radius 3 is 2.76 bits per heavy atom. The Morgan fingerprint density at radius 2 is 2.00 bits per heavy atom. The van der Waals surface area contributed by atoms with Crippen molar-refractivity contribution in [2.24, 2.45) is 0 Å². The minimum absolute atomic E-state index is 0.170. The second-order valence-corrected chi connectivity index (χ2v) is 9.40. The number of methoxy groups -OCH3 is 1. The number of carbonyl (C=O) groups is 1. The highest BCUT2D eigenvalue weighted by molar-refractivity contribution is 6.00. The number of likely N-dealkylation sites (tertiary alicyclic amines) is 1. The minimum atomic E-state index is -4.50. The van der Waals surface area contributed by atoms with Crippen molar-refractivity contribution < 1.29 is 22.7 Å². The Morgan fingerprint density at radius 1 is 1.18 bits per heavy atom. The largest absolute Gasteiger partial charge is 0.416 e. The van der Waals surface area contributed by atoms with Crippen LogP contribution in [0.4, 0.5) is 13.2 Å². The summed E-state index contributed by atoms with van der Waals surface area (Å²) < 4.78 is 46.7. The average molecular weight is 525 g/mol. The first-order valence-electron chi connectivity index (χ1n) is 12.2. The van der Waals surface area contributed by atoms with Crippen LogP contribution < -0.4 is 5.32 Å². The number of carbonyl (C=O) groups excluding carboxylic acids is 1. The summed E-state index contributed by atoms with van der Waals surface area (Å²) in [5.41, 5.74) is 2.59. The monoisotopic (exact) mass is 524 g/mol. The van der Waals surface area contributed by atoms with Gasteiger partial charge in [-0.05, 0) is 36.8 Å². The number of nitrogens with one attached hydrogen (secondary N) is 2. The Kier molecular flexibility index (Phi) is 7.13. The molecule has 0 saturated carbocycles. The zero-order valence-electron chi connectivity index (χ0n) is 20.9. The number of pyridine rings is 2. The number of alkyl halides is 3. The number of amides is 1.